The van der Waals surface area contributed by atoms with E-state index in [4.69, 9.17) is 16.2 Å². The van der Waals surface area contributed by atoms with Crippen molar-refractivity contribution in [2.75, 3.05) is 17.7 Å². The third kappa shape index (κ3) is 6.41. The monoisotopic (exact) mass is 662 g/mol. The van der Waals surface area contributed by atoms with E-state index in [0.29, 0.717) is 11.0 Å². The summed E-state index contributed by atoms with van der Waals surface area (Å²) in [5.41, 5.74) is 12.5. The predicted molar refractivity (Wildman–Crippen MR) is 174 cm³/mol. The number of hydrogen-bond acceptors (Lipinski definition) is 12. The number of amides is 4. The summed E-state index contributed by atoms with van der Waals surface area (Å²) < 4.78 is 8.73. The Labute approximate surface area is 275 Å². The molecule has 0 radical (unpaired) electrons. The maximum absolute atomic E-state index is 13.0. The first-order chi connectivity index (χ1) is 23.6. The number of phenols is 1. The van der Waals surface area contributed by atoms with Gasteiger partial charge in [-0.1, -0.05) is 12.2 Å². The number of carbonyl (C=O) groups excluding carboxylic acids is 4. The molecular weight excluding hydrogens is 636 g/mol. The largest absolute Gasteiger partial charge is 0.506 e. The molecule has 0 fully saturated rings. The Morgan fingerprint density at radius 2 is 1.27 bits per heavy atom. The van der Waals surface area contributed by atoms with E-state index in [9.17, 15) is 24.3 Å². The molecule has 7 N–H and O–H groups in total. The van der Waals surface area contributed by atoms with E-state index < -0.39 is 23.6 Å². The van der Waals surface area contributed by atoms with Crippen molar-refractivity contribution >= 4 is 57.6 Å². The molecule has 6 rings (SSSR count). The third-order valence-electron chi connectivity index (χ3n) is 7.24. The number of primary amides is 2. The van der Waals surface area contributed by atoms with Gasteiger partial charge in [-0.3, -0.25) is 29.8 Å². The van der Waals surface area contributed by atoms with E-state index in [2.05, 4.69) is 40.5 Å². The van der Waals surface area contributed by atoms with Crippen molar-refractivity contribution in [1.82, 2.24) is 39.0 Å². The molecule has 4 amide bonds. The van der Waals surface area contributed by atoms with Crippen molar-refractivity contribution < 1.29 is 29.0 Å². The molecule has 0 bridgehead atoms. The number of fused-ring (bicyclic) bond motifs is 2. The van der Waals surface area contributed by atoms with Crippen LogP contribution in [0.4, 0.5) is 11.9 Å². The van der Waals surface area contributed by atoms with Crippen LogP contribution in [-0.4, -0.2) is 74.9 Å². The van der Waals surface area contributed by atoms with Crippen LogP contribution in [0, 0.1) is 0 Å². The Balaban J connectivity index is 1.37. The fraction of sp³-hybridized carbons (Fsp3) is 0.0968. The van der Waals surface area contributed by atoms with Gasteiger partial charge in [-0.25, -0.2) is 29.9 Å². The number of phenolic OH excluding ortho intramolecular Hbond substituents is 1. The number of aromatic nitrogens is 8. The van der Waals surface area contributed by atoms with Gasteiger partial charge < -0.3 is 30.4 Å². The summed E-state index contributed by atoms with van der Waals surface area (Å²) in [5.74, 6) is -2.46. The Hall–Kier alpha value is -7.24. The number of nitrogens with zero attached hydrogens (tertiary/aromatic N) is 8. The molecule has 2 aromatic carbocycles. The standard InChI is InChI=1S/C31H26N12O6/c1-49-23-13-17(27(33)46)11-21-25(23)43(31(39-21)41-29(48)19-5-7-35-15-37-19)9-3-2-8-42-24-20(10-16(26(32)45)12-22(24)44)38-30(42)40-28(47)18-4-6-34-14-36-18/h2-7,10-15,44H,8-9H2,1H3,(H2,32,45)(H2,33,46)(H,38,40,47)(H,39,41,48)/b3-2+. The van der Waals surface area contributed by atoms with Gasteiger partial charge >= 0.3 is 0 Å². The number of anilines is 2. The van der Waals surface area contributed by atoms with Gasteiger partial charge in [-0.15, -0.1) is 0 Å². The minimum absolute atomic E-state index is 0.0239. The molecule has 0 saturated heterocycles. The van der Waals surface area contributed by atoms with Gasteiger partial charge in [-0.05, 0) is 36.4 Å². The zero-order valence-electron chi connectivity index (χ0n) is 25.6. The highest BCUT2D eigenvalue weighted by Gasteiger charge is 2.21. The lowest BCUT2D eigenvalue weighted by molar-refractivity contribution is 0.0991. The Kier molecular flexibility index (Phi) is 8.57. The summed E-state index contributed by atoms with van der Waals surface area (Å²) in [7, 11) is 1.42. The summed E-state index contributed by atoms with van der Waals surface area (Å²) in [6, 6.07) is 8.41. The van der Waals surface area contributed by atoms with Crippen LogP contribution in [0.3, 0.4) is 0 Å². The number of rotatable bonds is 11. The summed E-state index contributed by atoms with van der Waals surface area (Å²) in [6.07, 6.45) is 8.74. The van der Waals surface area contributed by atoms with Gasteiger partial charge in [-0.2, -0.15) is 0 Å². The molecule has 18 nitrogen and oxygen atoms in total. The highest BCUT2D eigenvalue weighted by Crippen LogP contribution is 2.32. The lowest BCUT2D eigenvalue weighted by atomic mass is 10.1. The quantitative estimate of drug-likeness (QED) is 0.124. The molecule has 49 heavy (non-hydrogen) atoms. The van der Waals surface area contributed by atoms with E-state index in [-0.39, 0.29) is 70.0 Å². The number of carbonyl (C=O) groups is 4. The summed E-state index contributed by atoms with van der Waals surface area (Å²) in [6.45, 7) is 0.187. The number of hydrogen-bond donors (Lipinski definition) is 5. The number of aromatic hydroxyl groups is 1. The van der Waals surface area contributed by atoms with Gasteiger partial charge in [0.25, 0.3) is 11.8 Å². The van der Waals surface area contributed by atoms with E-state index in [1.807, 2.05) is 0 Å². The fourth-order valence-corrected chi connectivity index (χ4v) is 5.00. The zero-order chi connectivity index (χ0) is 34.7. The number of allylic oxidation sites excluding steroid dienone is 2. The van der Waals surface area contributed by atoms with Crippen LogP contribution in [0.2, 0.25) is 0 Å². The molecular formula is C31H26N12O6. The van der Waals surface area contributed by atoms with Crippen LogP contribution in [0.15, 0.2) is 73.6 Å². The van der Waals surface area contributed by atoms with Crippen molar-refractivity contribution in [2.45, 2.75) is 13.1 Å². The van der Waals surface area contributed by atoms with Crippen molar-refractivity contribution in [3.8, 4) is 11.5 Å². The second kappa shape index (κ2) is 13.2. The summed E-state index contributed by atoms with van der Waals surface area (Å²) in [4.78, 5) is 74.4. The molecule has 4 heterocycles. The van der Waals surface area contributed by atoms with Crippen molar-refractivity contribution in [1.29, 1.82) is 0 Å². The molecule has 0 aliphatic carbocycles. The SMILES string of the molecule is COc1cc(C(N)=O)cc2nc(NC(=O)c3ccncn3)n(C/C=C/Cn3c(NC(=O)c4ccncn4)nc4cc(C(N)=O)cc(O)c43)c12. The zero-order valence-corrected chi connectivity index (χ0v) is 25.6. The lowest BCUT2D eigenvalue weighted by Crippen LogP contribution is -2.17. The second-order valence-electron chi connectivity index (χ2n) is 10.3. The second-order valence-corrected chi connectivity index (χ2v) is 10.3. The average Bonchev–Trinajstić information content (AvgIpc) is 3.63. The van der Waals surface area contributed by atoms with Gasteiger partial charge in [0, 0.05) is 36.6 Å². The van der Waals surface area contributed by atoms with E-state index >= 15 is 0 Å². The average molecular weight is 663 g/mol. The summed E-state index contributed by atoms with van der Waals surface area (Å²) in [5, 5.41) is 16.3. The molecule has 6 aromatic rings. The van der Waals surface area contributed by atoms with Crippen LogP contribution in [-0.2, 0) is 13.1 Å². The number of imidazole rings is 2. The summed E-state index contributed by atoms with van der Waals surface area (Å²) >= 11 is 0. The van der Waals surface area contributed by atoms with Gasteiger partial charge in [0.05, 0.1) is 18.1 Å². The molecule has 18 heteroatoms. The normalized spacial score (nSPS) is 11.2. The van der Waals surface area contributed by atoms with Gasteiger partial charge in [0.1, 0.15) is 46.6 Å². The highest BCUT2D eigenvalue weighted by molar-refractivity contribution is 6.05. The van der Waals surface area contributed by atoms with Crippen LogP contribution in [0.5, 0.6) is 11.5 Å². The minimum atomic E-state index is -0.772. The third-order valence-corrected chi connectivity index (χ3v) is 7.24. The van der Waals surface area contributed by atoms with Crippen molar-refractivity contribution in [3.63, 3.8) is 0 Å². The molecule has 0 unspecified atom stereocenters. The van der Waals surface area contributed by atoms with Gasteiger partial charge in [0.2, 0.25) is 23.7 Å². The maximum Gasteiger partial charge on any atom is 0.276 e. The van der Waals surface area contributed by atoms with Crippen molar-refractivity contribution in [2.24, 2.45) is 11.5 Å². The van der Waals surface area contributed by atoms with Gasteiger partial charge in [0.15, 0.2) is 0 Å². The first-order valence-corrected chi connectivity index (χ1v) is 14.4. The fourth-order valence-electron chi connectivity index (χ4n) is 5.00. The number of benzene rings is 2. The molecule has 0 saturated carbocycles. The predicted octanol–water partition coefficient (Wildman–Crippen LogP) is 1.64. The first-order valence-electron chi connectivity index (χ1n) is 14.4. The Morgan fingerprint density at radius 1 is 0.776 bits per heavy atom. The molecule has 246 valence electrons. The Bertz CT molecular complexity index is 2280. The number of nitrogens with one attached hydrogen (secondary N) is 2. The molecule has 0 aliphatic rings. The molecule has 0 aliphatic heterocycles. The Morgan fingerprint density at radius 3 is 1.73 bits per heavy atom. The molecule has 4 aromatic heterocycles. The van der Waals surface area contributed by atoms with Crippen LogP contribution in [0.25, 0.3) is 22.1 Å². The smallest absolute Gasteiger partial charge is 0.276 e. The van der Waals surface area contributed by atoms with E-state index in [1.165, 1.54) is 73.1 Å². The van der Waals surface area contributed by atoms with Crippen molar-refractivity contribution in [3.05, 3.63) is 96.1 Å². The number of ether oxygens (including phenoxy) is 1. The van der Waals surface area contributed by atoms with Crippen LogP contribution in [0.1, 0.15) is 41.7 Å². The number of nitrogens with two attached hydrogens (primary N) is 2. The van der Waals surface area contributed by atoms with E-state index in [1.54, 1.807) is 16.7 Å². The van der Waals surface area contributed by atoms with Crippen LogP contribution < -0.4 is 26.8 Å². The lowest BCUT2D eigenvalue weighted by Gasteiger charge is -2.11. The number of methoxy groups -OCH3 is 1. The maximum atomic E-state index is 13.0. The minimum Gasteiger partial charge on any atom is -0.506 e. The molecule has 0 spiro atoms. The topological polar surface area (TPSA) is 261 Å². The van der Waals surface area contributed by atoms with Crippen LogP contribution >= 0.6 is 0 Å². The highest BCUT2D eigenvalue weighted by atomic mass is 16.5. The first kappa shape index (κ1) is 31.7. The van der Waals surface area contributed by atoms with E-state index in [0.717, 1.165) is 0 Å². The molecule has 0 atom stereocenters.